The zero-order valence-corrected chi connectivity index (χ0v) is 12.8. The molecule has 1 unspecified atom stereocenters. The summed E-state index contributed by atoms with van der Waals surface area (Å²) in [5.41, 5.74) is 0.881. The molecular weight excluding hydrogens is 274 g/mol. The Hall–Kier alpha value is -2.42. The van der Waals surface area contributed by atoms with Crippen molar-refractivity contribution in [3.63, 3.8) is 0 Å². The van der Waals surface area contributed by atoms with Gasteiger partial charge in [-0.1, -0.05) is 62.4 Å². The van der Waals surface area contributed by atoms with Gasteiger partial charge in [0.05, 0.1) is 0 Å². The maximum atomic E-state index is 12.7. The predicted molar refractivity (Wildman–Crippen MR) is 87.6 cm³/mol. The summed E-state index contributed by atoms with van der Waals surface area (Å²) in [4.78, 5) is 17.5. The minimum absolute atomic E-state index is 0.0207. The summed E-state index contributed by atoms with van der Waals surface area (Å²) >= 11 is 0. The minimum atomic E-state index is -0.926. The molecule has 0 spiro atoms. The predicted octanol–water partition coefficient (Wildman–Crippen LogP) is 3.83. The molecule has 0 aromatic heterocycles. The molecule has 1 aliphatic heterocycles. The molecule has 3 rings (SSSR count). The largest absolute Gasteiger partial charge is 0.405 e. The normalized spacial score (nSPS) is 24.0. The summed E-state index contributed by atoms with van der Waals surface area (Å²) in [6.45, 7) is 4.02. The standard InChI is InChI=1S/C19H19NO2/c1-14(2)19(16-12-8-3-4-9-13-16)18(21)22-17(20-19)15-10-6-5-7-11-15/h3-12,14H,13H2,1-2H3. The fourth-order valence-corrected chi connectivity index (χ4v) is 2.90. The molecule has 0 saturated heterocycles. The van der Waals surface area contributed by atoms with E-state index in [9.17, 15) is 4.79 Å². The monoisotopic (exact) mass is 293 g/mol. The van der Waals surface area contributed by atoms with Crippen molar-refractivity contribution >= 4 is 11.9 Å². The Morgan fingerprint density at radius 1 is 1.14 bits per heavy atom. The van der Waals surface area contributed by atoms with Gasteiger partial charge in [-0.15, -0.1) is 0 Å². The number of hydrogen-bond donors (Lipinski definition) is 0. The quantitative estimate of drug-likeness (QED) is 0.794. The summed E-state index contributed by atoms with van der Waals surface area (Å²) in [5, 5.41) is 0. The molecule has 1 aliphatic carbocycles. The minimum Gasteiger partial charge on any atom is -0.405 e. The number of carbonyl (C=O) groups is 1. The zero-order valence-electron chi connectivity index (χ0n) is 12.8. The Morgan fingerprint density at radius 3 is 2.64 bits per heavy atom. The van der Waals surface area contributed by atoms with E-state index in [0.717, 1.165) is 11.1 Å². The number of rotatable bonds is 3. The second kappa shape index (κ2) is 5.76. The fourth-order valence-electron chi connectivity index (χ4n) is 2.90. The van der Waals surface area contributed by atoms with Crippen LogP contribution in [0.2, 0.25) is 0 Å². The third-order valence-corrected chi connectivity index (χ3v) is 4.12. The molecule has 0 amide bonds. The molecule has 2 aliphatic rings. The highest BCUT2D eigenvalue weighted by Crippen LogP contribution is 2.39. The average molecular weight is 293 g/mol. The summed E-state index contributed by atoms with van der Waals surface area (Å²) < 4.78 is 5.54. The van der Waals surface area contributed by atoms with E-state index in [4.69, 9.17) is 9.73 Å². The Labute approximate surface area is 130 Å². The van der Waals surface area contributed by atoms with Gasteiger partial charge in [0, 0.05) is 5.56 Å². The molecule has 0 N–H and O–H groups in total. The molecule has 1 aromatic carbocycles. The van der Waals surface area contributed by atoms with Crippen LogP contribution in [-0.2, 0) is 9.53 Å². The number of benzene rings is 1. The van der Waals surface area contributed by atoms with Crippen molar-refractivity contribution in [2.75, 3.05) is 0 Å². The van der Waals surface area contributed by atoms with Crippen LogP contribution in [-0.4, -0.2) is 17.4 Å². The number of allylic oxidation sites excluding steroid dienone is 5. The van der Waals surface area contributed by atoms with Crippen LogP contribution in [0.5, 0.6) is 0 Å². The van der Waals surface area contributed by atoms with Crippen molar-refractivity contribution in [1.82, 2.24) is 0 Å². The summed E-state index contributed by atoms with van der Waals surface area (Å²) in [6.07, 6.45) is 10.6. The number of cyclic esters (lactones) is 1. The van der Waals surface area contributed by atoms with Crippen LogP contribution in [0.25, 0.3) is 0 Å². The summed E-state index contributed by atoms with van der Waals surface area (Å²) in [7, 11) is 0. The molecule has 112 valence electrons. The Morgan fingerprint density at radius 2 is 1.91 bits per heavy atom. The number of carbonyl (C=O) groups excluding carboxylic acids is 1. The molecule has 0 bridgehead atoms. The van der Waals surface area contributed by atoms with Gasteiger partial charge >= 0.3 is 5.97 Å². The Bertz CT molecular complexity index is 695. The first kappa shape index (κ1) is 14.5. The van der Waals surface area contributed by atoms with Gasteiger partial charge in [-0.25, -0.2) is 9.79 Å². The lowest BCUT2D eigenvalue weighted by atomic mass is 9.78. The number of ether oxygens (including phenoxy) is 1. The van der Waals surface area contributed by atoms with Crippen molar-refractivity contribution in [2.45, 2.75) is 25.8 Å². The second-order valence-electron chi connectivity index (χ2n) is 5.80. The molecule has 0 radical (unpaired) electrons. The lowest BCUT2D eigenvalue weighted by Gasteiger charge is -2.28. The molecule has 0 saturated carbocycles. The Kier molecular flexibility index (Phi) is 3.80. The topological polar surface area (TPSA) is 38.7 Å². The van der Waals surface area contributed by atoms with Crippen LogP contribution in [0.3, 0.4) is 0 Å². The van der Waals surface area contributed by atoms with Crippen LogP contribution in [0.4, 0.5) is 0 Å². The number of hydrogen-bond acceptors (Lipinski definition) is 3. The van der Waals surface area contributed by atoms with Gasteiger partial charge in [-0.3, -0.25) is 0 Å². The first-order valence-electron chi connectivity index (χ1n) is 7.55. The number of nitrogens with zero attached hydrogens (tertiary/aromatic N) is 1. The molecule has 0 fully saturated rings. The van der Waals surface area contributed by atoms with Gasteiger partial charge in [0.25, 0.3) is 0 Å². The Balaban J connectivity index is 2.09. The van der Waals surface area contributed by atoms with Crippen LogP contribution in [0, 0.1) is 5.92 Å². The van der Waals surface area contributed by atoms with Gasteiger partial charge in [-0.2, -0.15) is 0 Å². The van der Waals surface area contributed by atoms with Crippen LogP contribution in [0.15, 0.2) is 71.3 Å². The molecule has 1 atom stereocenters. The van der Waals surface area contributed by atoms with Gasteiger partial charge in [-0.05, 0) is 30.0 Å². The van der Waals surface area contributed by atoms with Crippen molar-refractivity contribution in [3.8, 4) is 0 Å². The molecule has 1 aromatic rings. The summed E-state index contributed by atoms with van der Waals surface area (Å²) in [5.74, 6) is 0.154. The van der Waals surface area contributed by atoms with E-state index >= 15 is 0 Å². The van der Waals surface area contributed by atoms with Gasteiger partial charge in [0.1, 0.15) is 0 Å². The lowest BCUT2D eigenvalue weighted by Crippen LogP contribution is -2.41. The number of esters is 1. The third kappa shape index (κ3) is 2.33. The van der Waals surface area contributed by atoms with E-state index in [0.29, 0.717) is 12.3 Å². The van der Waals surface area contributed by atoms with Gasteiger partial charge in [0.15, 0.2) is 5.54 Å². The summed E-state index contributed by atoms with van der Waals surface area (Å²) in [6, 6.07) is 9.57. The zero-order chi connectivity index (χ0) is 15.6. The van der Waals surface area contributed by atoms with Crippen molar-refractivity contribution < 1.29 is 9.53 Å². The third-order valence-electron chi connectivity index (χ3n) is 4.12. The van der Waals surface area contributed by atoms with Crippen LogP contribution in [0.1, 0.15) is 25.8 Å². The van der Waals surface area contributed by atoms with Gasteiger partial charge < -0.3 is 4.74 Å². The highest BCUT2D eigenvalue weighted by atomic mass is 16.6. The molecule has 22 heavy (non-hydrogen) atoms. The van der Waals surface area contributed by atoms with Crippen molar-refractivity contribution in [2.24, 2.45) is 10.9 Å². The van der Waals surface area contributed by atoms with E-state index in [1.165, 1.54) is 0 Å². The smallest absolute Gasteiger partial charge is 0.345 e. The first-order chi connectivity index (χ1) is 10.6. The number of aliphatic imine (C=N–C) groups is 1. The van der Waals surface area contributed by atoms with Crippen molar-refractivity contribution in [1.29, 1.82) is 0 Å². The molecule has 3 nitrogen and oxygen atoms in total. The van der Waals surface area contributed by atoms with E-state index < -0.39 is 5.54 Å². The highest BCUT2D eigenvalue weighted by molar-refractivity contribution is 6.09. The lowest BCUT2D eigenvalue weighted by molar-refractivity contribution is -0.139. The van der Waals surface area contributed by atoms with Crippen molar-refractivity contribution in [3.05, 3.63) is 71.8 Å². The average Bonchev–Trinajstić information content (AvgIpc) is 2.71. The highest BCUT2D eigenvalue weighted by Gasteiger charge is 2.51. The maximum absolute atomic E-state index is 12.7. The second-order valence-corrected chi connectivity index (χ2v) is 5.80. The fraction of sp³-hybridized carbons (Fsp3) is 0.263. The molecule has 1 heterocycles. The van der Waals surface area contributed by atoms with E-state index in [2.05, 4.69) is 0 Å². The van der Waals surface area contributed by atoms with E-state index in [-0.39, 0.29) is 11.9 Å². The van der Waals surface area contributed by atoms with Crippen LogP contribution >= 0.6 is 0 Å². The molecule has 3 heteroatoms. The first-order valence-corrected chi connectivity index (χ1v) is 7.55. The maximum Gasteiger partial charge on any atom is 0.345 e. The molecular formula is C19H19NO2. The van der Waals surface area contributed by atoms with E-state index in [1.54, 1.807) is 0 Å². The SMILES string of the molecule is CC(C)C1(C2=CC=CC=CC2)N=C(c2ccccc2)OC1=O. The van der Waals surface area contributed by atoms with Crippen LogP contribution < -0.4 is 0 Å². The van der Waals surface area contributed by atoms with Gasteiger partial charge in [0.2, 0.25) is 5.90 Å². The van der Waals surface area contributed by atoms with E-state index in [1.807, 2.05) is 74.6 Å².